The van der Waals surface area contributed by atoms with Crippen LogP contribution in [0.15, 0.2) is 36.7 Å². The maximum absolute atomic E-state index is 12.3. The summed E-state index contributed by atoms with van der Waals surface area (Å²) in [7, 11) is 1.56. The standard InChI is InChI=1S/C17H19N3O3S/c1-22-17-13(3-2-6-19-17)10-20-16(21)12-4-7-18-15(9-12)23-14-5-8-24-11-14/h2-4,6-7,9,14H,5,8,10-11H2,1H3,(H,20,21). The van der Waals surface area contributed by atoms with E-state index in [1.54, 1.807) is 31.6 Å². The molecule has 1 amide bonds. The van der Waals surface area contributed by atoms with E-state index in [2.05, 4.69) is 15.3 Å². The van der Waals surface area contributed by atoms with Gasteiger partial charge in [0.05, 0.1) is 7.11 Å². The first kappa shape index (κ1) is 16.6. The fraction of sp³-hybridized carbons (Fsp3) is 0.353. The molecule has 1 N–H and O–H groups in total. The Hall–Kier alpha value is -2.28. The van der Waals surface area contributed by atoms with Crippen LogP contribution in [-0.2, 0) is 6.54 Å². The molecule has 1 atom stereocenters. The molecule has 0 saturated carbocycles. The summed E-state index contributed by atoms with van der Waals surface area (Å²) in [6.45, 7) is 0.341. The quantitative estimate of drug-likeness (QED) is 0.866. The smallest absolute Gasteiger partial charge is 0.251 e. The minimum absolute atomic E-state index is 0.181. The summed E-state index contributed by atoms with van der Waals surface area (Å²) in [5.74, 6) is 2.90. The number of carbonyl (C=O) groups is 1. The average Bonchev–Trinajstić information content (AvgIpc) is 3.13. The van der Waals surface area contributed by atoms with Gasteiger partial charge in [-0.2, -0.15) is 11.8 Å². The molecule has 6 nitrogen and oxygen atoms in total. The van der Waals surface area contributed by atoms with Gasteiger partial charge < -0.3 is 14.8 Å². The Bertz CT molecular complexity index is 705. The van der Waals surface area contributed by atoms with E-state index in [4.69, 9.17) is 9.47 Å². The van der Waals surface area contributed by atoms with Crippen molar-refractivity contribution in [3.63, 3.8) is 0 Å². The maximum Gasteiger partial charge on any atom is 0.251 e. The first-order chi connectivity index (χ1) is 11.8. The molecule has 1 fully saturated rings. The van der Waals surface area contributed by atoms with Gasteiger partial charge in [-0.3, -0.25) is 4.79 Å². The van der Waals surface area contributed by atoms with Crippen LogP contribution in [0.25, 0.3) is 0 Å². The molecule has 2 aromatic rings. The van der Waals surface area contributed by atoms with Crippen molar-refractivity contribution in [3.05, 3.63) is 47.8 Å². The predicted octanol–water partition coefficient (Wildman–Crippen LogP) is 2.30. The van der Waals surface area contributed by atoms with E-state index in [0.717, 1.165) is 23.5 Å². The summed E-state index contributed by atoms with van der Waals surface area (Å²) in [6, 6.07) is 7.03. The summed E-state index contributed by atoms with van der Waals surface area (Å²) in [5, 5.41) is 2.86. The number of carbonyl (C=O) groups excluding carboxylic acids is 1. The van der Waals surface area contributed by atoms with E-state index in [9.17, 15) is 4.79 Å². The topological polar surface area (TPSA) is 73.3 Å². The molecule has 7 heteroatoms. The molecule has 0 spiro atoms. The number of nitrogens with zero attached hydrogens (tertiary/aromatic N) is 2. The maximum atomic E-state index is 12.3. The lowest BCUT2D eigenvalue weighted by atomic mass is 10.2. The molecule has 24 heavy (non-hydrogen) atoms. The van der Waals surface area contributed by atoms with Crippen molar-refractivity contribution < 1.29 is 14.3 Å². The van der Waals surface area contributed by atoms with Crippen molar-refractivity contribution in [2.24, 2.45) is 0 Å². The van der Waals surface area contributed by atoms with E-state index in [-0.39, 0.29) is 12.0 Å². The Morgan fingerprint density at radius 3 is 3.08 bits per heavy atom. The van der Waals surface area contributed by atoms with Crippen molar-refractivity contribution in [3.8, 4) is 11.8 Å². The van der Waals surface area contributed by atoms with Crippen LogP contribution in [0.1, 0.15) is 22.3 Å². The van der Waals surface area contributed by atoms with Gasteiger partial charge in [0.1, 0.15) is 6.10 Å². The zero-order chi connectivity index (χ0) is 16.8. The molecular weight excluding hydrogens is 326 g/mol. The van der Waals surface area contributed by atoms with Crippen molar-refractivity contribution in [2.45, 2.75) is 19.1 Å². The average molecular weight is 345 g/mol. The Morgan fingerprint density at radius 1 is 1.38 bits per heavy atom. The van der Waals surface area contributed by atoms with Crippen molar-refractivity contribution >= 4 is 17.7 Å². The van der Waals surface area contributed by atoms with Gasteiger partial charge in [-0.05, 0) is 24.3 Å². The Morgan fingerprint density at radius 2 is 2.29 bits per heavy atom. The minimum Gasteiger partial charge on any atom is -0.481 e. The number of thioether (sulfide) groups is 1. The van der Waals surface area contributed by atoms with Gasteiger partial charge in [0.15, 0.2) is 0 Å². The van der Waals surface area contributed by atoms with Crippen LogP contribution in [0.4, 0.5) is 0 Å². The van der Waals surface area contributed by atoms with Crippen LogP contribution in [0.5, 0.6) is 11.8 Å². The highest BCUT2D eigenvalue weighted by Crippen LogP contribution is 2.22. The van der Waals surface area contributed by atoms with Gasteiger partial charge in [-0.15, -0.1) is 0 Å². The highest BCUT2D eigenvalue weighted by molar-refractivity contribution is 7.99. The predicted molar refractivity (Wildman–Crippen MR) is 92.6 cm³/mol. The van der Waals surface area contributed by atoms with Gasteiger partial charge in [-0.1, -0.05) is 6.07 Å². The van der Waals surface area contributed by atoms with Gasteiger partial charge >= 0.3 is 0 Å². The minimum atomic E-state index is -0.186. The third kappa shape index (κ3) is 4.17. The summed E-state index contributed by atoms with van der Waals surface area (Å²) in [6.07, 6.45) is 4.44. The van der Waals surface area contributed by atoms with E-state index < -0.39 is 0 Å². The van der Waals surface area contributed by atoms with Crippen LogP contribution >= 0.6 is 11.8 Å². The number of amides is 1. The van der Waals surface area contributed by atoms with Gasteiger partial charge in [-0.25, -0.2) is 9.97 Å². The number of rotatable bonds is 6. The highest BCUT2D eigenvalue weighted by atomic mass is 32.2. The summed E-state index contributed by atoms with van der Waals surface area (Å²) < 4.78 is 11.0. The fourth-order valence-electron chi connectivity index (χ4n) is 2.41. The Kier molecular flexibility index (Phi) is 5.53. The zero-order valence-electron chi connectivity index (χ0n) is 13.4. The Labute approximate surface area is 145 Å². The summed E-state index contributed by atoms with van der Waals surface area (Å²) in [4.78, 5) is 20.7. The monoisotopic (exact) mass is 345 g/mol. The zero-order valence-corrected chi connectivity index (χ0v) is 14.2. The van der Waals surface area contributed by atoms with Crippen LogP contribution in [0.2, 0.25) is 0 Å². The molecule has 3 rings (SSSR count). The number of methoxy groups -OCH3 is 1. The number of ether oxygens (including phenoxy) is 2. The van der Waals surface area contributed by atoms with E-state index in [0.29, 0.717) is 23.9 Å². The highest BCUT2D eigenvalue weighted by Gasteiger charge is 2.18. The van der Waals surface area contributed by atoms with E-state index in [1.165, 1.54) is 0 Å². The first-order valence-corrected chi connectivity index (χ1v) is 8.88. The Balaban J connectivity index is 1.62. The van der Waals surface area contributed by atoms with Crippen LogP contribution in [0.3, 0.4) is 0 Å². The largest absolute Gasteiger partial charge is 0.481 e. The molecule has 0 radical (unpaired) electrons. The molecule has 1 unspecified atom stereocenters. The molecule has 1 saturated heterocycles. The first-order valence-electron chi connectivity index (χ1n) is 7.73. The number of nitrogens with one attached hydrogen (secondary N) is 1. The number of pyridine rings is 2. The molecule has 0 aliphatic carbocycles. The molecule has 1 aliphatic heterocycles. The van der Waals surface area contributed by atoms with Crippen LogP contribution in [-0.4, -0.2) is 40.6 Å². The molecule has 0 bridgehead atoms. The van der Waals surface area contributed by atoms with Gasteiger partial charge in [0, 0.05) is 41.9 Å². The van der Waals surface area contributed by atoms with Crippen molar-refractivity contribution in [2.75, 3.05) is 18.6 Å². The number of hydrogen-bond donors (Lipinski definition) is 1. The molecule has 0 aromatic carbocycles. The summed E-state index contributed by atoms with van der Waals surface area (Å²) >= 11 is 1.87. The third-order valence-corrected chi connectivity index (χ3v) is 4.79. The second kappa shape index (κ2) is 8.01. The van der Waals surface area contributed by atoms with E-state index in [1.807, 2.05) is 23.9 Å². The molecule has 126 valence electrons. The van der Waals surface area contributed by atoms with Crippen LogP contribution in [0, 0.1) is 0 Å². The van der Waals surface area contributed by atoms with Crippen molar-refractivity contribution in [1.82, 2.24) is 15.3 Å². The third-order valence-electron chi connectivity index (χ3n) is 3.66. The SMILES string of the molecule is COc1ncccc1CNC(=O)c1ccnc(OC2CCSC2)c1. The lowest BCUT2D eigenvalue weighted by Gasteiger charge is -2.12. The van der Waals surface area contributed by atoms with Gasteiger partial charge in [0.2, 0.25) is 11.8 Å². The fourth-order valence-corrected chi connectivity index (χ4v) is 3.51. The lowest BCUT2D eigenvalue weighted by Crippen LogP contribution is -2.23. The second-order valence-electron chi connectivity index (χ2n) is 5.34. The molecular formula is C17H19N3O3S. The number of hydrogen-bond acceptors (Lipinski definition) is 6. The number of aromatic nitrogens is 2. The molecule has 1 aliphatic rings. The van der Waals surface area contributed by atoms with E-state index >= 15 is 0 Å². The molecule has 2 aromatic heterocycles. The van der Waals surface area contributed by atoms with Crippen molar-refractivity contribution in [1.29, 1.82) is 0 Å². The van der Waals surface area contributed by atoms with Crippen LogP contribution < -0.4 is 14.8 Å². The lowest BCUT2D eigenvalue weighted by molar-refractivity contribution is 0.0949. The summed E-state index contributed by atoms with van der Waals surface area (Å²) in [5.41, 5.74) is 1.34. The molecule has 3 heterocycles. The van der Waals surface area contributed by atoms with Gasteiger partial charge in [0.25, 0.3) is 5.91 Å². The normalized spacial score (nSPS) is 16.6. The second-order valence-corrected chi connectivity index (χ2v) is 6.49.